The highest BCUT2D eigenvalue weighted by atomic mass is 16.5. The minimum absolute atomic E-state index is 0.00370. The zero-order chi connectivity index (χ0) is 21.1. The SMILES string of the molecule is CCOC(=O)CCN1CCn2c(cc(CCc3ccc4c(n3)NCCC4)c2C)C1=O. The lowest BCUT2D eigenvalue weighted by Crippen LogP contribution is -2.41. The predicted octanol–water partition coefficient (Wildman–Crippen LogP) is 2.74. The molecule has 0 unspecified atom stereocenters. The van der Waals surface area contributed by atoms with Gasteiger partial charge in [-0.25, -0.2) is 4.98 Å². The van der Waals surface area contributed by atoms with Crippen molar-refractivity contribution < 1.29 is 14.3 Å². The number of hydrogen-bond acceptors (Lipinski definition) is 5. The van der Waals surface area contributed by atoms with Crippen LogP contribution in [-0.4, -0.2) is 52.6 Å². The number of carbonyl (C=O) groups is 2. The molecule has 2 aromatic rings. The fourth-order valence-corrected chi connectivity index (χ4v) is 4.35. The van der Waals surface area contributed by atoms with Gasteiger partial charge in [0.05, 0.1) is 13.0 Å². The van der Waals surface area contributed by atoms with E-state index in [1.807, 2.05) is 6.07 Å². The van der Waals surface area contributed by atoms with Crippen LogP contribution in [0.5, 0.6) is 0 Å². The number of fused-ring (bicyclic) bond motifs is 2. The number of pyridine rings is 1. The van der Waals surface area contributed by atoms with Crippen LogP contribution in [0.1, 0.15) is 52.8 Å². The molecular formula is C23H30N4O3. The van der Waals surface area contributed by atoms with Crippen LogP contribution in [-0.2, 0) is 35.3 Å². The summed E-state index contributed by atoms with van der Waals surface area (Å²) in [6.07, 6.45) is 4.20. The molecule has 0 saturated carbocycles. The molecule has 1 amide bonds. The van der Waals surface area contributed by atoms with Crippen molar-refractivity contribution >= 4 is 17.7 Å². The molecule has 1 N–H and O–H groups in total. The molecule has 4 heterocycles. The Labute approximate surface area is 177 Å². The number of amides is 1. The summed E-state index contributed by atoms with van der Waals surface area (Å²) in [5.74, 6) is 0.769. The van der Waals surface area contributed by atoms with Gasteiger partial charge in [-0.1, -0.05) is 6.07 Å². The standard InChI is InChI=1S/C23H30N4O3/c1-3-30-21(28)10-12-26-13-14-27-16(2)18(15-20(27)23(26)29)7-9-19-8-6-17-5-4-11-24-22(17)25-19/h6,8,15H,3-5,7,9-14H2,1-2H3,(H,24,25). The van der Waals surface area contributed by atoms with Gasteiger partial charge in [-0.2, -0.15) is 0 Å². The Morgan fingerprint density at radius 1 is 1.27 bits per heavy atom. The highest BCUT2D eigenvalue weighted by Gasteiger charge is 2.27. The number of ether oxygens (including phenoxy) is 1. The average molecular weight is 411 g/mol. The third-order valence-corrected chi connectivity index (χ3v) is 6.06. The van der Waals surface area contributed by atoms with E-state index in [1.165, 1.54) is 11.1 Å². The number of aromatic nitrogens is 2. The quantitative estimate of drug-likeness (QED) is 0.711. The first-order valence-corrected chi connectivity index (χ1v) is 10.9. The van der Waals surface area contributed by atoms with Crippen LogP contribution in [0.4, 0.5) is 5.82 Å². The number of esters is 1. The normalized spacial score (nSPS) is 15.4. The first-order valence-electron chi connectivity index (χ1n) is 10.9. The van der Waals surface area contributed by atoms with Crippen molar-refractivity contribution in [3.8, 4) is 0 Å². The van der Waals surface area contributed by atoms with Crippen molar-refractivity contribution in [1.82, 2.24) is 14.5 Å². The van der Waals surface area contributed by atoms with Crippen molar-refractivity contribution in [2.24, 2.45) is 0 Å². The van der Waals surface area contributed by atoms with Crippen LogP contribution >= 0.6 is 0 Å². The Hall–Kier alpha value is -2.83. The lowest BCUT2D eigenvalue weighted by atomic mass is 10.0. The molecule has 2 aliphatic rings. The van der Waals surface area contributed by atoms with Crippen molar-refractivity contribution in [3.63, 3.8) is 0 Å². The Bertz CT molecular complexity index is 950. The van der Waals surface area contributed by atoms with E-state index in [-0.39, 0.29) is 18.3 Å². The summed E-state index contributed by atoms with van der Waals surface area (Å²) in [6.45, 7) is 7.02. The van der Waals surface area contributed by atoms with E-state index in [0.29, 0.717) is 19.7 Å². The molecule has 0 atom stereocenters. The molecule has 2 aromatic heterocycles. The number of aryl methyl sites for hydroxylation is 3. The maximum atomic E-state index is 12.9. The second kappa shape index (κ2) is 8.90. The summed E-state index contributed by atoms with van der Waals surface area (Å²) in [5.41, 5.74) is 5.44. The molecule has 7 heteroatoms. The van der Waals surface area contributed by atoms with Gasteiger partial charge in [0.2, 0.25) is 0 Å². The fraction of sp³-hybridized carbons (Fsp3) is 0.522. The zero-order valence-electron chi connectivity index (χ0n) is 17.9. The Morgan fingerprint density at radius 3 is 2.97 bits per heavy atom. The molecule has 0 aromatic carbocycles. The number of rotatable bonds is 7. The molecule has 160 valence electrons. The van der Waals surface area contributed by atoms with Gasteiger partial charge >= 0.3 is 5.97 Å². The number of hydrogen-bond donors (Lipinski definition) is 1. The van der Waals surface area contributed by atoms with Crippen molar-refractivity contribution in [2.45, 2.75) is 52.5 Å². The smallest absolute Gasteiger partial charge is 0.307 e. The summed E-state index contributed by atoms with van der Waals surface area (Å²) in [5, 5.41) is 3.39. The van der Waals surface area contributed by atoms with E-state index in [9.17, 15) is 9.59 Å². The van der Waals surface area contributed by atoms with Crippen molar-refractivity contribution in [3.05, 3.63) is 46.4 Å². The van der Waals surface area contributed by atoms with Gasteiger partial charge in [-0.3, -0.25) is 9.59 Å². The summed E-state index contributed by atoms with van der Waals surface area (Å²) < 4.78 is 7.09. The summed E-state index contributed by atoms with van der Waals surface area (Å²) >= 11 is 0. The average Bonchev–Trinajstić information content (AvgIpc) is 3.08. The number of nitrogens with one attached hydrogen (secondary N) is 1. The van der Waals surface area contributed by atoms with E-state index >= 15 is 0 Å². The van der Waals surface area contributed by atoms with Gasteiger partial charge in [0.15, 0.2) is 0 Å². The van der Waals surface area contributed by atoms with Crippen LogP contribution < -0.4 is 5.32 Å². The van der Waals surface area contributed by atoms with E-state index in [1.54, 1.807) is 11.8 Å². The number of anilines is 1. The first-order chi connectivity index (χ1) is 14.6. The predicted molar refractivity (Wildman–Crippen MR) is 115 cm³/mol. The minimum Gasteiger partial charge on any atom is -0.466 e. The highest BCUT2D eigenvalue weighted by Crippen LogP contribution is 2.24. The lowest BCUT2D eigenvalue weighted by Gasteiger charge is -2.28. The molecular weight excluding hydrogens is 380 g/mol. The number of nitrogens with zero attached hydrogens (tertiary/aromatic N) is 3. The van der Waals surface area contributed by atoms with Gasteiger partial charge in [0.1, 0.15) is 11.5 Å². The summed E-state index contributed by atoms with van der Waals surface area (Å²) in [7, 11) is 0. The largest absolute Gasteiger partial charge is 0.466 e. The van der Waals surface area contributed by atoms with Gasteiger partial charge in [0, 0.05) is 37.6 Å². The second-order valence-electron chi connectivity index (χ2n) is 7.98. The van der Waals surface area contributed by atoms with Crippen LogP contribution in [0.15, 0.2) is 18.2 Å². The lowest BCUT2D eigenvalue weighted by molar-refractivity contribution is -0.143. The van der Waals surface area contributed by atoms with Gasteiger partial charge in [0.25, 0.3) is 5.91 Å². The summed E-state index contributed by atoms with van der Waals surface area (Å²) in [6, 6.07) is 6.33. The van der Waals surface area contributed by atoms with Crippen molar-refractivity contribution in [1.29, 1.82) is 0 Å². The molecule has 30 heavy (non-hydrogen) atoms. The molecule has 0 radical (unpaired) electrons. The van der Waals surface area contributed by atoms with Gasteiger partial charge < -0.3 is 19.5 Å². The summed E-state index contributed by atoms with van der Waals surface area (Å²) in [4.78, 5) is 31.1. The zero-order valence-corrected chi connectivity index (χ0v) is 17.9. The van der Waals surface area contributed by atoms with Gasteiger partial charge in [-0.15, -0.1) is 0 Å². The number of carbonyl (C=O) groups excluding carboxylic acids is 2. The Balaban J connectivity index is 1.41. The van der Waals surface area contributed by atoms with Crippen molar-refractivity contribution in [2.75, 3.05) is 31.6 Å². The van der Waals surface area contributed by atoms with Crippen LogP contribution in [0.25, 0.3) is 0 Å². The van der Waals surface area contributed by atoms with E-state index in [4.69, 9.17) is 9.72 Å². The molecule has 4 rings (SSSR count). The molecule has 0 fully saturated rings. The molecule has 0 aliphatic carbocycles. The van der Waals surface area contributed by atoms with Gasteiger partial charge in [-0.05, 0) is 62.8 Å². The third kappa shape index (κ3) is 4.20. The maximum Gasteiger partial charge on any atom is 0.307 e. The maximum absolute atomic E-state index is 12.9. The van der Waals surface area contributed by atoms with E-state index < -0.39 is 0 Å². The van der Waals surface area contributed by atoms with Crippen LogP contribution in [0.3, 0.4) is 0 Å². The third-order valence-electron chi connectivity index (χ3n) is 6.06. The molecule has 7 nitrogen and oxygen atoms in total. The molecule has 2 aliphatic heterocycles. The molecule has 0 bridgehead atoms. The minimum atomic E-state index is -0.254. The molecule has 0 saturated heterocycles. The Morgan fingerprint density at radius 2 is 2.13 bits per heavy atom. The topological polar surface area (TPSA) is 76.5 Å². The van der Waals surface area contributed by atoms with E-state index in [2.05, 4.69) is 28.9 Å². The second-order valence-corrected chi connectivity index (χ2v) is 7.98. The fourth-order valence-electron chi connectivity index (χ4n) is 4.35. The monoisotopic (exact) mass is 410 g/mol. The first kappa shape index (κ1) is 20.4. The van der Waals surface area contributed by atoms with E-state index in [0.717, 1.165) is 61.7 Å². The van der Waals surface area contributed by atoms with Crippen LogP contribution in [0.2, 0.25) is 0 Å². The van der Waals surface area contributed by atoms with Crippen LogP contribution in [0, 0.1) is 6.92 Å². The molecule has 0 spiro atoms. The Kier molecular flexibility index (Phi) is 6.06. The highest BCUT2D eigenvalue weighted by molar-refractivity contribution is 5.94.